The molecule has 0 unspecified atom stereocenters. The Balaban J connectivity index is 1.78. The van der Waals surface area contributed by atoms with Crippen LogP contribution in [0.3, 0.4) is 0 Å². The zero-order valence-corrected chi connectivity index (χ0v) is 16.7. The lowest BCUT2D eigenvalue weighted by Crippen LogP contribution is -2.27. The Kier molecular flexibility index (Phi) is 6.63. The fourth-order valence-corrected chi connectivity index (χ4v) is 2.80. The lowest BCUT2D eigenvalue weighted by Gasteiger charge is -2.17. The molecule has 0 amide bonds. The topological polar surface area (TPSA) is 73.8 Å². The number of aromatic nitrogens is 2. The van der Waals surface area contributed by atoms with Crippen LogP contribution in [0.25, 0.3) is 11.1 Å². The van der Waals surface area contributed by atoms with Gasteiger partial charge >= 0.3 is 5.97 Å². The third kappa shape index (κ3) is 5.01. The Hall–Kier alpha value is -3.61. The molecule has 150 valence electrons. The molecule has 3 aromatic rings. The van der Waals surface area contributed by atoms with E-state index in [-0.39, 0.29) is 12.5 Å². The molecular formula is C22H23N3O4. The molecule has 1 aromatic carbocycles. The van der Waals surface area contributed by atoms with Crippen molar-refractivity contribution in [3.8, 4) is 28.5 Å². The number of likely N-dealkylation sites (N-methyl/N-ethyl adjacent to an activating group) is 1. The van der Waals surface area contributed by atoms with Gasteiger partial charge in [-0.05, 0) is 37.3 Å². The minimum absolute atomic E-state index is 0.124. The number of para-hydroxylation sites is 1. The number of hydrogen-bond donors (Lipinski definition) is 0. The summed E-state index contributed by atoms with van der Waals surface area (Å²) in [7, 11) is 3.41. The maximum Gasteiger partial charge on any atom is 0.325 e. The maximum absolute atomic E-state index is 11.6. The van der Waals surface area contributed by atoms with Gasteiger partial charge < -0.3 is 19.1 Å². The molecular weight excluding hydrogens is 370 g/mol. The van der Waals surface area contributed by atoms with Crippen molar-refractivity contribution in [1.82, 2.24) is 9.97 Å². The average molecular weight is 393 g/mol. The summed E-state index contributed by atoms with van der Waals surface area (Å²) >= 11 is 0. The second-order valence-electron chi connectivity index (χ2n) is 6.17. The van der Waals surface area contributed by atoms with E-state index in [1.54, 1.807) is 50.5 Å². The average Bonchev–Trinajstić information content (AvgIpc) is 2.75. The standard InChI is InChI=1S/C22H23N3O4/c1-4-28-21(26)15-25(2)20-12-11-16(14-24-20)29-22-18(9-7-13-23-22)17-8-5-6-10-19(17)27-3/h5-14H,4,15H2,1-3H3. The molecule has 0 aliphatic carbocycles. The molecule has 3 rings (SSSR count). The molecule has 0 atom stereocenters. The Morgan fingerprint density at radius 1 is 1.03 bits per heavy atom. The summed E-state index contributed by atoms with van der Waals surface area (Å²) in [6.45, 7) is 2.25. The van der Waals surface area contributed by atoms with E-state index >= 15 is 0 Å². The predicted molar refractivity (Wildman–Crippen MR) is 110 cm³/mol. The highest BCUT2D eigenvalue weighted by Crippen LogP contribution is 2.36. The number of hydrogen-bond acceptors (Lipinski definition) is 7. The van der Waals surface area contributed by atoms with Gasteiger partial charge in [0.2, 0.25) is 5.88 Å². The van der Waals surface area contributed by atoms with Crippen LogP contribution in [0, 0.1) is 0 Å². The summed E-state index contributed by atoms with van der Waals surface area (Å²) in [4.78, 5) is 22.1. The van der Waals surface area contributed by atoms with Crippen molar-refractivity contribution >= 4 is 11.8 Å². The number of nitrogens with zero attached hydrogens (tertiary/aromatic N) is 3. The van der Waals surface area contributed by atoms with E-state index in [0.29, 0.717) is 24.1 Å². The summed E-state index contributed by atoms with van der Waals surface area (Å²) in [6.07, 6.45) is 3.26. The molecule has 0 aliphatic rings. The first-order valence-electron chi connectivity index (χ1n) is 9.21. The molecule has 0 bridgehead atoms. The van der Waals surface area contributed by atoms with Gasteiger partial charge in [-0.3, -0.25) is 4.79 Å². The van der Waals surface area contributed by atoms with Gasteiger partial charge in [-0.1, -0.05) is 18.2 Å². The van der Waals surface area contributed by atoms with Crippen LogP contribution in [0.2, 0.25) is 0 Å². The van der Waals surface area contributed by atoms with Crippen molar-refractivity contribution in [2.75, 3.05) is 32.2 Å². The third-order valence-corrected chi connectivity index (χ3v) is 4.17. The number of carbonyl (C=O) groups excluding carboxylic acids is 1. The molecule has 7 nitrogen and oxygen atoms in total. The number of ether oxygens (including phenoxy) is 3. The van der Waals surface area contributed by atoms with Gasteiger partial charge in [0.15, 0.2) is 0 Å². The minimum atomic E-state index is -0.299. The molecule has 7 heteroatoms. The first-order valence-corrected chi connectivity index (χ1v) is 9.21. The highest BCUT2D eigenvalue weighted by molar-refractivity contribution is 5.75. The SMILES string of the molecule is CCOC(=O)CN(C)c1ccc(Oc2ncccc2-c2ccccc2OC)cn1. The van der Waals surface area contributed by atoms with E-state index < -0.39 is 0 Å². The quantitative estimate of drug-likeness (QED) is 0.537. The number of pyridine rings is 2. The molecule has 29 heavy (non-hydrogen) atoms. The van der Waals surface area contributed by atoms with Crippen molar-refractivity contribution in [2.24, 2.45) is 0 Å². The predicted octanol–water partition coefficient (Wildman–Crippen LogP) is 3.94. The number of anilines is 1. The monoisotopic (exact) mass is 393 g/mol. The van der Waals surface area contributed by atoms with Crippen molar-refractivity contribution < 1.29 is 19.0 Å². The van der Waals surface area contributed by atoms with Gasteiger partial charge in [-0.15, -0.1) is 0 Å². The first kappa shape index (κ1) is 20.1. The van der Waals surface area contributed by atoms with E-state index in [1.807, 2.05) is 36.4 Å². The highest BCUT2D eigenvalue weighted by Gasteiger charge is 2.14. The minimum Gasteiger partial charge on any atom is -0.496 e. The molecule has 2 heterocycles. The summed E-state index contributed by atoms with van der Waals surface area (Å²) in [5.74, 6) is 2.06. The van der Waals surface area contributed by atoms with Crippen LogP contribution < -0.4 is 14.4 Å². The van der Waals surface area contributed by atoms with Gasteiger partial charge in [-0.25, -0.2) is 9.97 Å². The second kappa shape index (κ2) is 9.54. The summed E-state index contributed by atoms with van der Waals surface area (Å²) < 4.78 is 16.4. The van der Waals surface area contributed by atoms with Gasteiger partial charge in [0.25, 0.3) is 0 Å². The lowest BCUT2D eigenvalue weighted by atomic mass is 10.1. The van der Waals surface area contributed by atoms with Crippen LogP contribution in [0.15, 0.2) is 60.9 Å². The van der Waals surface area contributed by atoms with Crippen LogP contribution in [0.5, 0.6) is 17.4 Å². The van der Waals surface area contributed by atoms with Crippen molar-refractivity contribution in [2.45, 2.75) is 6.92 Å². The van der Waals surface area contributed by atoms with Crippen LogP contribution in [-0.4, -0.2) is 43.2 Å². The van der Waals surface area contributed by atoms with E-state index in [1.165, 1.54) is 0 Å². The normalized spacial score (nSPS) is 10.3. The fraction of sp³-hybridized carbons (Fsp3) is 0.227. The Morgan fingerprint density at radius 3 is 2.55 bits per heavy atom. The van der Waals surface area contributed by atoms with Gasteiger partial charge in [0.1, 0.15) is 23.9 Å². The van der Waals surface area contributed by atoms with Gasteiger partial charge in [0, 0.05) is 24.4 Å². The number of benzene rings is 1. The Morgan fingerprint density at radius 2 is 1.83 bits per heavy atom. The van der Waals surface area contributed by atoms with Crippen LogP contribution >= 0.6 is 0 Å². The zero-order chi connectivity index (χ0) is 20.6. The van der Waals surface area contributed by atoms with Gasteiger partial charge in [0.05, 0.1) is 19.9 Å². The first-order chi connectivity index (χ1) is 14.1. The molecule has 0 aliphatic heterocycles. The molecule has 2 aromatic heterocycles. The van der Waals surface area contributed by atoms with E-state index in [9.17, 15) is 4.79 Å². The zero-order valence-electron chi connectivity index (χ0n) is 16.7. The van der Waals surface area contributed by atoms with E-state index in [2.05, 4.69) is 9.97 Å². The van der Waals surface area contributed by atoms with E-state index in [4.69, 9.17) is 14.2 Å². The molecule has 0 radical (unpaired) electrons. The van der Waals surface area contributed by atoms with Crippen LogP contribution in [-0.2, 0) is 9.53 Å². The molecule has 0 saturated heterocycles. The number of carbonyl (C=O) groups is 1. The maximum atomic E-state index is 11.6. The van der Waals surface area contributed by atoms with Crippen molar-refractivity contribution in [3.63, 3.8) is 0 Å². The summed E-state index contributed by atoms with van der Waals surface area (Å²) in [5, 5.41) is 0. The smallest absolute Gasteiger partial charge is 0.325 e. The van der Waals surface area contributed by atoms with Crippen molar-refractivity contribution in [1.29, 1.82) is 0 Å². The number of methoxy groups -OCH3 is 1. The summed E-state index contributed by atoms with van der Waals surface area (Å²) in [6, 6.07) is 15.0. The summed E-state index contributed by atoms with van der Waals surface area (Å²) in [5.41, 5.74) is 1.70. The second-order valence-corrected chi connectivity index (χ2v) is 6.17. The Labute approximate surface area is 169 Å². The van der Waals surface area contributed by atoms with Crippen LogP contribution in [0.4, 0.5) is 5.82 Å². The third-order valence-electron chi connectivity index (χ3n) is 4.17. The Bertz CT molecular complexity index is 960. The van der Waals surface area contributed by atoms with Crippen molar-refractivity contribution in [3.05, 3.63) is 60.9 Å². The molecule has 0 N–H and O–H groups in total. The van der Waals surface area contributed by atoms with Gasteiger partial charge in [-0.2, -0.15) is 0 Å². The largest absolute Gasteiger partial charge is 0.496 e. The lowest BCUT2D eigenvalue weighted by molar-refractivity contribution is -0.141. The molecule has 0 spiro atoms. The number of rotatable bonds is 8. The van der Waals surface area contributed by atoms with Crippen LogP contribution in [0.1, 0.15) is 6.92 Å². The molecule has 0 saturated carbocycles. The number of esters is 1. The van der Waals surface area contributed by atoms with E-state index in [0.717, 1.165) is 16.9 Å². The fourth-order valence-electron chi connectivity index (χ4n) is 2.80. The highest BCUT2D eigenvalue weighted by atomic mass is 16.5. The molecule has 0 fully saturated rings.